The quantitative estimate of drug-likeness (QED) is 0.0172. The number of phenolic OH excluding ortho intramolecular Hbond substituents is 2. The van der Waals surface area contributed by atoms with Crippen molar-refractivity contribution in [2.24, 2.45) is 35.0 Å². The molecule has 2 aliphatic rings. The molecule has 9 amide bonds. The number of nitrogens with one attached hydrogen (secondary N) is 13. The van der Waals surface area contributed by atoms with Crippen molar-refractivity contribution in [2.45, 2.75) is 253 Å². The Hall–Kier alpha value is -9.71. The van der Waals surface area contributed by atoms with E-state index in [0.29, 0.717) is 62.6 Å². The fraction of sp³-hybridized carbons (Fsp3) is 0.565. The number of Topliss-reactive ketones (excluding diaryl/α,β-unsaturated/α-hetero) is 3. The molecule has 0 saturated carbocycles. The molecule has 4 aromatic carbocycles. The second kappa shape index (κ2) is 53.6. The van der Waals surface area contributed by atoms with Crippen LogP contribution in [0.1, 0.15) is 156 Å². The molecule has 124 heavy (non-hydrogen) atoms. The molecule has 2 heterocycles. The van der Waals surface area contributed by atoms with Gasteiger partial charge in [-0.15, -0.1) is 23.5 Å². The third kappa shape index (κ3) is 34.3. The van der Waals surface area contributed by atoms with E-state index in [1.807, 2.05) is 0 Å². The number of carboxylic acids is 1. The van der Waals surface area contributed by atoms with Gasteiger partial charge in [0.2, 0.25) is 53.2 Å². The molecule has 0 spiro atoms. The molecule has 0 aromatic heterocycles. The molecule has 686 valence electrons. The average Bonchev–Trinajstić information content (AvgIpc) is 0.847. The van der Waals surface area contributed by atoms with Crippen LogP contribution in [0.15, 0.2) is 88.7 Å². The smallest absolute Gasteiger partial charge is 0.305 e. The molecule has 0 saturated heterocycles. The van der Waals surface area contributed by atoms with Crippen LogP contribution in [0, 0.1) is 41.0 Å². The Bertz CT molecular complexity index is 4180. The van der Waals surface area contributed by atoms with Gasteiger partial charge in [-0.3, -0.25) is 73.0 Å². The van der Waals surface area contributed by atoms with Gasteiger partial charge in [0.05, 0.1) is 71.2 Å². The summed E-state index contributed by atoms with van der Waals surface area (Å²) in [4.78, 5) is 184. The number of benzene rings is 4. The normalized spacial score (nSPS) is 18.5. The number of thioether (sulfide) groups is 2. The molecule has 15 atom stereocenters. The van der Waals surface area contributed by atoms with Crippen molar-refractivity contribution in [3.05, 3.63) is 119 Å². The molecule has 0 radical (unpaired) electrons. The van der Waals surface area contributed by atoms with Gasteiger partial charge in [-0.25, -0.2) is 28.4 Å². The number of nitrogens with two attached hydrogens (primary N) is 3. The first-order chi connectivity index (χ1) is 58.8. The molecule has 6 rings (SSSR count). The topological polar surface area (TPSA) is 537 Å². The van der Waals surface area contributed by atoms with E-state index in [1.54, 1.807) is 71.9 Å². The van der Waals surface area contributed by atoms with Crippen LogP contribution in [0.2, 0.25) is 0 Å². The fourth-order valence-corrected chi connectivity index (χ4v) is 15.7. The van der Waals surface area contributed by atoms with E-state index in [0.717, 1.165) is 0 Å². The van der Waals surface area contributed by atoms with Crippen molar-refractivity contribution >= 4 is 100 Å². The van der Waals surface area contributed by atoms with Crippen molar-refractivity contribution in [2.75, 3.05) is 44.7 Å². The number of rotatable bonds is 47. The summed E-state index contributed by atoms with van der Waals surface area (Å²) in [5.74, 6) is -24.0. The molecule has 2 bridgehead atoms. The number of aliphatic hydroxyl groups excluding tert-OH is 1. The number of aromatic hydroxyl groups is 2. The lowest BCUT2D eigenvalue weighted by molar-refractivity contribution is -0.140. The first kappa shape index (κ1) is 105. The van der Waals surface area contributed by atoms with E-state index in [1.165, 1.54) is 69.4 Å². The van der Waals surface area contributed by atoms with E-state index >= 15 is 36.7 Å². The molecule has 2 unspecified atom stereocenters. The van der Waals surface area contributed by atoms with Gasteiger partial charge in [-0.1, -0.05) is 103 Å². The van der Waals surface area contributed by atoms with Crippen LogP contribution in [0.4, 0.5) is 17.6 Å². The maximum absolute atomic E-state index is 17.2. The number of aliphatic carboxylic acids is 1. The lowest BCUT2D eigenvalue weighted by atomic mass is 9.94. The van der Waals surface area contributed by atoms with Crippen molar-refractivity contribution in [1.82, 2.24) is 69.3 Å². The Morgan fingerprint density at radius 2 is 0.895 bits per heavy atom. The van der Waals surface area contributed by atoms with Crippen LogP contribution in [-0.4, -0.2) is 226 Å². The second-order valence-corrected chi connectivity index (χ2v) is 33.9. The molecule has 39 heteroatoms. The fourth-order valence-electron chi connectivity index (χ4n) is 13.6. The summed E-state index contributed by atoms with van der Waals surface area (Å²) in [5.41, 5.74) is 23.6. The standard InChI is InChI=1S/C85H124F4N16O17S2/c1-10-47(6)72(84(121)93-9)102-85(122)73(49(8)107)103-82(119)62(38-50-20-12-11-13-21-50)96-65-44-124-77-70(88)68(86)76(69(87)71(77)89)123-43-64(74(113)58(36-45(2)3)100-83(120)63(37-46(4)5)105-104-59(75(65)114)41-67(111)112)95-61(40-52-27-31-54(109)32-28-52)81(118)101-60(39-51-25-29-53(108)30-26-51)78(115)94-42-66(110)97-56(23-15-18-34-91)79(116)99-57(24-16-19-35-92)80(117)98-55(48(7)106)22-14-17-33-90/h11-13,20-21,25-32,45-47,49,55-65,72-73,95-96,104-105,107-109H,10,14-19,22-24,33-44,90-92H2,1-9H3,(H,93,121)(H,94,115)(H,97,110)(H,98,117)(H,99,116)(H,100,120)(H,101,118)(H,102,122)(H,103,119)(H,111,112)/t47-,49+,55-,56-,57-,58-,59-,60-,61-,62-,63-,64?,65?,72-,73-/m0/s1. The summed E-state index contributed by atoms with van der Waals surface area (Å²) in [6, 6.07) is -1.73. The van der Waals surface area contributed by atoms with E-state index in [9.17, 15) is 63.6 Å². The van der Waals surface area contributed by atoms with Crippen molar-refractivity contribution in [1.29, 1.82) is 0 Å². The predicted molar refractivity (Wildman–Crippen MR) is 459 cm³/mol. The zero-order valence-corrected chi connectivity index (χ0v) is 73.2. The van der Waals surface area contributed by atoms with Gasteiger partial charge in [-0.2, -0.15) is 0 Å². The highest BCUT2D eigenvalue weighted by atomic mass is 32.2. The molecule has 23 N–H and O–H groups in total. The number of halogens is 4. The Balaban J connectivity index is 1.62. The largest absolute Gasteiger partial charge is 0.508 e. The lowest BCUT2D eigenvalue weighted by Gasteiger charge is -2.31. The van der Waals surface area contributed by atoms with E-state index in [4.69, 9.17) is 17.2 Å². The van der Waals surface area contributed by atoms with Gasteiger partial charge >= 0.3 is 5.97 Å². The SMILES string of the molecule is CC[C@H](C)[C@H](NC(=O)[C@@H](NC(=O)[C@H](Cc1ccccc1)NC1CSc2c(F)c(F)c(c(F)c2F)SCC(N[C@@H](Cc2ccc(O)cc2)C(=O)N[C@@H](Cc2ccc(O)cc2)C(=O)NCC(=O)N[C@@H](CCCCN)C(=O)N[C@@H](CCCCN)C(=O)N[C@@H](CCCCN)C(C)=O)C(=O)[C@H](CC(C)C)NC(=O)[C@H](CC(C)C)NN[C@@H](CC(=O)O)C1=O)[C@@H](C)O)C(=O)NC. The molecule has 4 aromatic rings. The zero-order chi connectivity index (χ0) is 92.0. The Morgan fingerprint density at radius 1 is 0.492 bits per heavy atom. The number of hydrogen-bond acceptors (Lipinski definition) is 25. The maximum Gasteiger partial charge on any atom is 0.305 e. The van der Waals surface area contributed by atoms with Crippen LogP contribution in [0.5, 0.6) is 11.5 Å². The zero-order valence-electron chi connectivity index (χ0n) is 71.5. The van der Waals surface area contributed by atoms with Crippen LogP contribution in [0.25, 0.3) is 0 Å². The summed E-state index contributed by atoms with van der Waals surface area (Å²) in [7, 11) is 1.34. The minimum atomic E-state index is -2.03. The molecule has 0 aliphatic carbocycles. The number of carbonyl (C=O) groups excluding carboxylic acids is 12. The number of hydrogen-bond donors (Lipinski definition) is 20. The number of hydrazine groups is 1. The number of carbonyl (C=O) groups is 13. The van der Waals surface area contributed by atoms with Crippen LogP contribution >= 0.6 is 23.5 Å². The second-order valence-electron chi connectivity index (χ2n) is 31.8. The number of aliphatic hydroxyl groups is 1. The van der Waals surface area contributed by atoms with Crippen molar-refractivity contribution in [3.8, 4) is 11.5 Å². The number of unbranched alkanes of at least 4 members (excludes halogenated alkanes) is 3. The van der Waals surface area contributed by atoms with Gasteiger partial charge in [0.1, 0.15) is 47.8 Å². The number of amides is 9. The lowest BCUT2D eigenvalue weighted by Crippen LogP contribution is -2.63. The number of phenols is 2. The van der Waals surface area contributed by atoms with E-state index in [2.05, 4.69) is 69.3 Å². The summed E-state index contributed by atoms with van der Waals surface area (Å²) < 4.78 is 68.6. The van der Waals surface area contributed by atoms with E-state index < -0.39 is 237 Å². The van der Waals surface area contributed by atoms with Crippen molar-refractivity contribution < 1.29 is 100 Å². The summed E-state index contributed by atoms with van der Waals surface area (Å²) in [5, 5.41) is 71.5. The first-order valence-electron chi connectivity index (χ1n) is 41.8. The third-order valence-corrected chi connectivity index (χ3v) is 23.1. The highest BCUT2D eigenvalue weighted by molar-refractivity contribution is 7.99. The van der Waals surface area contributed by atoms with Gasteiger partial charge in [0.25, 0.3) is 0 Å². The highest BCUT2D eigenvalue weighted by Gasteiger charge is 2.42. The van der Waals surface area contributed by atoms with Gasteiger partial charge in [-0.05, 0) is 176 Å². The molecular formula is C85H124F4N16O17S2. The minimum absolute atomic E-state index is 0.00118. The molecule has 2 aliphatic heterocycles. The number of carboxylic acid groups (broad SMARTS) is 1. The summed E-state index contributed by atoms with van der Waals surface area (Å²) >= 11 is 0.0915. The molecule has 33 nitrogen and oxygen atoms in total. The van der Waals surface area contributed by atoms with Crippen LogP contribution in [0.3, 0.4) is 0 Å². The Labute approximate surface area is 728 Å². The predicted octanol–water partition coefficient (Wildman–Crippen LogP) is 2.43. The maximum atomic E-state index is 17.2. The summed E-state index contributed by atoms with van der Waals surface area (Å²) in [6.45, 7) is 12.7. The number of likely N-dealkylation sites (N-methyl/N-ethyl adjacent to an activating group) is 1. The third-order valence-electron chi connectivity index (χ3n) is 20.8. The highest BCUT2D eigenvalue weighted by Crippen LogP contribution is 2.37. The Kier molecular flexibility index (Phi) is 45.3. The first-order valence-corrected chi connectivity index (χ1v) is 43.8. The van der Waals surface area contributed by atoms with Crippen LogP contribution < -0.4 is 86.5 Å². The molecular weight excluding hydrogens is 1660 g/mol. The van der Waals surface area contributed by atoms with Crippen molar-refractivity contribution in [3.63, 3.8) is 0 Å². The Morgan fingerprint density at radius 3 is 1.34 bits per heavy atom. The van der Waals surface area contributed by atoms with Gasteiger partial charge in [0, 0.05) is 25.0 Å². The number of fused-ring (bicyclic) bond motifs is 16. The van der Waals surface area contributed by atoms with Gasteiger partial charge < -0.3 is 85.5 Å². The minimum Gasteiger partial charge on any atom is -0.508 e. The van der Waals surface area contributed by atoms with Crippen LogP contribution in [-0.2, 0) is 81.6 Å². The average molecular weight is 1780 g/mol. The number of ketones is 3. The molecule has 0 fully saturated rings. The van der Waals surface area contributed by atoms with Gasteiger partial charge in [0.15, 0.2) is 40.6 Å². The monoisotopic (exact) mass is 1780 g/mol. The van der Waals surface area contributed by atoms with E-state index in [-0.39, 0.29) is 104 Å². The summed E-state index contributed by atoms with van der Waals surface area (Å²) in [6.07, 6.45) is -0.822.